The summed E-state index contributed by atoms with van der Waals surface area (Å²) in [4.78, 5) is 0. The number of thiocarbonyl (C=S) groups is 1. The van der Waals surface area contributed by atoms with Crippen LogP contribution in [0, 0.1) is 5.82 Å². The van der Waals surface area contributed by atoms with Crippen LogP contribution in [-0.4, -0.2) is 11.7 Å². The van der Waals surface area contributed by atoms with Crippen LogP contribution in [0.5, 0.6) is 0 Å². The fourth-order valence-corrected chi connectivity index (χ4v) is 1.43. The maximum absolute atomic E-state index is 13.2. The molecule has 0 aliphatic rings. The van der Waals surface area contributed by atoms with Gasteiger partial charge in [-0.2, -0.15) is 0 Å². The second-order valence-corrected chi connectivity index (χ2v) is 3.96. The first-order valence-corrected chi connectivity index (χ1v) is 5.90. The molecule has 0 atom stereocenters. The molecule has 0 saturated heterocycles. The van der Waals surface area contributed by atoms with Crippen molar-refractivity contribution in [3.05, 3.63) is 35.6 Å². The standard InChI is InChI=1S/C12H17FN2S/c1-2-3-8-14-12(16)15-9-10-6-4-5-7-11(10)13/h4-7H,2-3,8-9H2,1H3,(H2,14,15,16). The number of benzene rings is 1. The van der Waals surface area contributed by atoms with E-state index in [4.69, 9.17) is 12.2 Å². The van der Waals surface area contributed by atoms with E-state index >= 15 is 0 Å². The molecule has 2 nitrogen and oxygen atoms in total. The number of halogens is 1. The third-order valence-electron chi connectivity index (χ3n) is 2.21. The van der Waals surface area contributed by atoms with Crippen molar-refractivity contribution in [1.82, 2.24) is 10.6 Å². The van der Waals surface area contributed by atoms with Crippen molar-refractivity contribution < 1.29 is 4.39 Å². The zero-order chi connectivity index (χ0) is 11.8. The minimum atomic E-state index is -0.202. The van der Waals surface area contributed by atoms with Crippen molar-refractivity contribution in [2.24, 2.45) is 0 Å². The average Bonchev–Trinajstić information content (AvgIpc) is 2.28. The molecule has 0 radical (unpaired) electrons. The maximum Gasteiger partial charge on any atom is 0.166 e. The largest absolute Gasteiger partial charge is 0.363 e. The van der Waals surface area contributed by atoms with Crippen LogP contribution in [0.2, 0.25) is 0 Å². The molecule has 2 N–H and O–H groups in total. The molecular formula is C12H17FN2S. The number of nitrogens with one attached hydrogen (secondary N) is 2. The average molecular weight is 240 g/mol. The van der Waals surface area contributed by atoms with Crippen LogP contribution in [-0.2, 0) is 6.54 Å². The minimum absolute atomic E-state index is 0.202. The normalized spacial score (nSPS) is 9.88. The van der Waals surface area contributed by atoms with E-state index in [-0.39, 0.29) is 5.82 Å². The Balaban J connectivity index is 2.29. The first kappa shape index (κ1) is 12.9. The number of rotatable bonds is 5. The Hall–Kier alpha value is -1.16. The van der Waals surface area contributed by atoms with Crippen LogP contribution in [0.3, 0.4) is 0 Å². The first-order valence-electron chi connectivity index (χ1n) is 5.49. The highest BCUT2D eigenvalue weighted by atomic mass is 32.1. The van der Waals surface area contributed by atoms with Crippen molar-refractivity contribution in [3.63, 3.8) is 0 Å². The summed E-state index contributed by atoms with van der Waals surface area (Å²) in [7, 11) is 0. The molecule has 0 spiro atoms. The molecule has 0 aliphatic carbocycles. The van der Waals surface area contributed by atoms with E-state index in [2.05, 4.69) is 17.6 Å². The van der Waals surface area contributed by atoms with Gasteiger partial charge in [0.05, 0.1) is 0 Å². The molecule has 0 saturated carbocycles. The summed E-state index contributed by atoms with van der Waals surface area (Å²) in [6.45, 7) is 3.40. The highest BCUT2D eigenvalue weighted by molar-refractivity contribution is 7.80. The molecule has 1 rings (SSSR count). The van der Waals surface area contributed by atoms with Crippen molar-refractivity contribution in [2.45, 2.75) is 26.3 Å². The molecule has 0 unspecified atom stereocenters. The lowest BCUT2D eigenvalue weighted by atomic mass is 10.2. The summed E-state index contributed by atoms with van der Waals surface area (Å²) in [5.41, 5.74) is 0.627. The van der Waals surface area contributed by atoms with Gasteiger partial charge in [-0.05, 0) is 24.7 Å². The molecule has 16 heavy (non-hydrogen) atoms. The third kappa shape index (κ3) is 4.57. The van der Waals surface area contributed by atoms with Crippen molar-refractivity contribution in [2.75, 3.05) is 6.54 Å². The predicted octanol–water partition coefficient (Wildman–Crippen LogP) is 2.59. The monoisotopic (exact) mass is 240 g/mol. The Morgan fingerprint density at radius 1 is 1.31 bits per heavy atom. The Morgan fingerprint density at radius 3 is 2.75 bits per heavy atom. The van der Waals surface area contributed by atoms with Gasteiger partial charge >= 0.3 is 0 Å². The summed E-state index contributed by atoms with van der Waals surface area (Å²) in [6.07, 6.45) is 2.21. The van der Waals surface area contributed by atoms with Gasteiger partial charge in [-0.3, -0.25) is 0 Å². The zero-order valence-electron chi connectivity index (χ0n) is 9.42. The Morgan fingerprint density at radius 2 is 2.06 bits per heavy atom. The highest BCUT2D eigenvalue weighted by Gasteiger charge is 2.00. The molecule has 1 aromatic rings. The van der Waals surface area contributed by atoms with Gasteiger partial charge in [0.25, 0.3) is 0 Å². The van der Waals surface area contributed by atoms with Crippen LogP contribution in [0.4, 0.5) is 4.39 Å². The fourth-order valence-electron chi connectivity index (χ4n) is 1.26. The van der Waals surface area contributed by atoms with Gasteiger partial charge in [0.2, 0.25) is 0 Å². The number of hydrogen-bond acceptors (Lipinski definition) is 1. The van der Waals surface area contributed by atoms with E-state index in [1.807, 2.05) is 6.07 Å². The lowest BCUT2D eigenvalue weighted by molar-refractivity contribution is 0.605. The van der Waals surface area contributed by atoms with Gasteiger partial charge in [-0.25, -0.2) is 4.39 Å². The van der Waals surface area contributed by atoms with Gasteiger partial charge in [0.1, 0.15) is 5.82 Å². The van der Waals surface area contributed by atoms with E-state index in [1.165, 1.54) is 6.07 Å². The molecular weight excluding hydrogens is 223 g/mol. The molecule has 1 aromatic carbocycles. The molecule has 4 heteroatoms. The molecule has 0 heterocycles. The Kier molecular flexibility index (Phi) is 5.78. The Labute approximate surface area is 101 Å². The molecule has 0 aromatic heterocycles. The number of hydrogen-bond donors (Lipinski definition) is 2. The van der Waals surface area contributed by atoms with Crippen LogP contribution in [0.25, 0.3) is 0 Å². The summed E-state index contributed by atoms with van der Waals surface area (Å²) >= 11 is 5.07. The first-order chi connectivity index (χ1) is 7.74. The lowest BCUT2D eigenvalue weighted by Crippen LogP contribution is -2.35. The van der Waals surface area contributed by atoms with E-state index < -0.39 is 0 Å². The van der Waals surface area contributed by atoms with Crippen LogP contribution < -0.4 is 10.6 Å². The fraction of sp³-hybridized carbons (Fsp3) is 0.417. The maximum atomic E-state index is 13.2. The molecule has 0 bridgehead atoms. The van der Waals surface area contributed by atoms with Crippen molar-refractivity contribution >= 4 is 17.3 Å². The third-order valence-corrected chi connectivity index (χ3v) is 2.50. The second kappa shape index (κ2) is 7.17. The summed E-state index contributed by atoms with van der Waals surface area (Å²) in [5, 5.41) is 6.63. The topological polar surface area (TPSA) is 24.1 Å². The quantitative estimate of drug-likeness (QED) is 0.611. The Bertz CT molecular complexity index is 342. The summed E-state index contributed by atoms with van der Waals surface area (Å²) < 4.78 is 13.2. The molecule has 0 amide bonds. The minimum Gasteiger partial charge on any atom is -0.363 e. The van der Waals surface area contributed by atoms with E-state index in [1.54, 1.807) is 12.1 Å². The van der Waals surface area contributed by atoms with Gasteiger partial charge in [-0.1, -0.05) is 31.5 Å². The lowest BCUT2D eigenvalue weighted by Gasteiger charge is -2.10. The van der Waals surface area contributed by atoms with Gasteiger partial charge in [0.15, 0.2) is 5.11 Å². The second-order valence-electron chi connectivity index (χ2n) is 3.55. The zero-order valence-corrected chi connectivity index (χ0v) is 10.2. The molecule has 0 aliphatic heterocycles. The summed E-state index contributed by atoms with van der Waals surface area (Å²) in [6, 6.07) is 6.69. The highest BCUT2D eigenvalue weighted by Crippen LogP contribution is 2.05. The van der Waals surface area contributed by atoms with E-state index in [9.17, 15) is 4.39 Å². The SMILES string of the molecule is CCCCNC(=S)NCc1ccccc1F. The smallest absolute Gasteiger partial charge is 0.166 e. The van der Waals surface area contributed by atoms with Crippen LogP contribution in [0.1, 0.15) is 25.3 Å². The van der Waals surface area contributed by atoms with Crippen LogP contribution >= 0.6 is 12.2 Å². The van der Waals surface area contributed by atoms with Crippen LogP contribution in [0.15, 0.2) is 24.3 Å². The van der Waals surface area contributed by atoms with E-state index in [0.717, 1.165) is 19.4 Å². The molecule has 88 valence electrons. The van der Waals surface area contributed by atoms with Gasteiger partial charge in [0, 0.05) is 18.7 Å². The van der Waals surface area contributed by atoms with Crippen molar-refractivity contribution in [1.29, 1.82) is 0 Å². The van der Waals surface area contributed by atoms with Gasteiger partial charge in [-0.15, -0.1) is 0 Å². The van der Waals surface area contributed by atoms with Crippen molar-refractivity contribution in [3.8, 4) is 0 Å². The number of unbranched alkanes of at least 4 members (excludes halogenated alkanes) is 1. The summed E-state index contributed by atoms with van der Waals surface area (Å²) in [5.74, 6) is -0.202. The molecule has 0 fully saturated rings. The predicted molar refractivity (Wildman–Crippen MR) is 68.7 cm³/mol. The van der Waals surface area contributed by atoms with E-state index in [0.29, 0.717) is 17.2 Å². The van der Waals surface area contributed by atoms with Gasteiger partial charge < -0.3 is 10.6 Å².